The highest BCUT2D eigenvalue weighted by molar-refractivity contribution is 9.10. The molecule has 0 aliphatic carbocycles. The molecule has 24 heavy (non-hydrogen) atoms. The number of halogens is 1. The molecule has 0 radical (unpaired) electrons. The zero-order chi connectivity index (χ0) is 17.3. The first kappa shape index (κ1) is 16.4. The van der Waals surface area contributed by atoms with Gasteiger partial charge in [-0.05, 0) is 52.2 Å². The summed E-state index contributed by atoms with van der Waals surface area (Å²) < 4.78 is 0.762. The Morgan fingerprint density at radius 3 is 2.25 bits per heavy atom. The maximum atomic E-state index is 12.3. The van der Waals surface area contributed by atoms with Gasteiger partial charge in [0, 0.05) is 4.47 Å². The number of nitrogens with one attached hydrogen (secondary N) is 1. The molecule has 122 valence electrons. The van der Waals surface area contributed by atoms with Crippen molar-refractivity contribution in [3.8, 4) is 0 Å². The predicted octanol–water partition coefficient (Wildman–Crippen LogP) is 3.25. The number of carbonyl (C=O) groups excluding carboxylic acids is 3. The third kappa shape index (κ3) is 2.97. The molecule has 6 heteroatoms. The number of benzene rings is 2. The number of anilines is 1. The van der Waals surface area contributed by atoms with Gasteiger partial charge in [-0.1, -0.05) is 25.1 Å². The standard InChI is InChI=1S/C18H15BrN2O3/c1-2-11-7-8-15(14(19)9-11)20-16(22)10-21-17(23)12-5-3-4-6-13(12)18(21)24/h3-9H,2,10H2,1H3,(H,20,22). The van der Waals surface area contributed by atoms with Gasteiger partial charge in [0.05, 0.1) is 16.8 Å². The molecule has 1 aliphatic rings. The van der Waals surface area contributed by atoms with Crippen LogP contribution in [-0.4, -0.2) is 29.2 Å². The van der Waals surface area contributed by atoms with Crippen molar-refractivity contribution >= 4 is 39.3 Å². The van der Waals surface area contributed by atoms with Gasteiger partial charge in [0.15, 0.2) is 0 Å². The molecule has 0 unspecified atom stereocenters. The highest BCUT2D eigenvalue weighted by Gasteiger charge is 2.36. The smallest absolute Gasteiger partial charge is 0.262 e. The van der Waals surface area contributed by atoms with Gasteiger partial charge in [-0.2, -0.15) is 0 Å². The molecule has 0 bridgehead atoms. The van der Waals surface area contributed by atoms with Crippen molar-refractivity contribution in [1.29, 1.82) is 0 Å². The summed E-state index contributed by atoms with van der Waals surface area (Å²) >= 11 is 3.41. The van der Waals surface area contributed by atoms with E-state index in [1.54, 1.807) is 30.3 Å². The highest BCUT2D eigenvalue weighted by atomic mass is 79.9. The third-order valence-corrected chi connectivity index (χ3v) is 4.55. The van der Waals surface area contributed by atoms with Crippen LogP contribution in [0.25, 0.3) is 0 Å². The average molecular weight is 387 g/mol. The minimum absolute atomic E-state index is 0.311. The fourth-order valence-corrected chi connectivity index (χ4v) is 3.12. The van der Waals surface area contributed by atoms with Crippen LogP contribution in [0.15, 0.2) is 46.9 Å². The van der Waals surface area contributed by atoms with Crippen LogP contribution in [0.5, 0.6) is 0 Å². The molecule has 3 rings (SSSR count). The van der Waals surface area contributed by atoms with Gasteiger partial charge in [0.1, 0.15) is 6.54 Å². The van der Waals surface area contributed by atoms with Crippen LogP contribution in [0, 0.1) is 0 Å². The van der Waals surface area contributed by atoms with Crippen LogP contribution in [-0.2, 0) is 11.2 Å². The van der Waals surface area contributed by atoms with E-state index < -0.39 is 17.7 Å². The van der Waals surface area contributed by atoms with E-state index in [0.717, 1.165) is 21.4 Å². The van der Waals surface area contributed by atoms with E-state index in [-0.39, 0.29) is 6.54 Å². The molecule has 2 aromatic carbocycles. The van der Waals surface area contributed by atoms with E-state index in [9.17, 15) is 14.4 Å². The fraction of sp³-hybridized carbons (Fsp3) is 0.167. The maximum Gasteiger partial charge on any atom is 0.262 e. The van der Waals surface area contributed by atoms with Crippen molar-refractivity contribution in [1.82, 2.24) is 4.90 Å². The molecule has 3 amide bonds. The van der Waals surface area contributed by atoms with Gasteiger partial charge in [-0.15, -0.1) is 0 Å². The van der Waals surface area contributed by atoms with Gasteiger partial charge < -0.3 is 5.32 Å². The van der Waals surface area contributed by atoms with Gasteiger partial charge in [-0.3, -0.25) is 19.3 Å². The normalized spacial score (nSPS) is 13.2. The number of hydrogen-bond donors (Lipinski definition) is 1. The minimum Gasteiger partial charge on any atom is -0.324 e. The molecule has 2 aromatic rings. The Morgan fingerprint density at radius 1 is 1.08 bits per heavy atom. The molecule has 1 N–H and O–H groups in total. The van der Waals surface area contributed by atoms with E-state index in [4.69, 9.17) is 0 Å². The molecule has 1 heterocycles. The summed E-state index contributed by atoms with van der Waals surface area (Å²) in [6.45, 7) is 1.73. The summed E-state index contributed by atoms with van der Waals surface area (Å²) in [5.74, 6) is -1.30. The number of hydrogen-bond acceptors (Lipinski definition) is 3. The van der Waals surface area contributed by atoms with Gasteiger partial charge in [-0.25, -0.2) is 0 Å². The van der Waals surface area contributed by atoms with Crippen LogP contribution in [0.3, 0.4) is 0 Å². The second-order valence-electron chi connectivity index (χ2n) is 5.46. The first-order valence-corrected chi connectivity index (χ1v) is 8.34. The average Bonchev–Trinajstić information content (AvgIpc) is 2.82. The first-order chi connectivity index (χ1) is 11.5. The topological polar surface area (TPSA) is 66.5 Å². The number of amides is 3. The highest BCUT2D eigenvalue weighted by Crippen LogP contribution is 2.25. The number of carbonyl (C=O) groups is 3. The monoisotopic (exact) mass is 386 g/mol. The summed E-state index contributed by atoms with van der Waals surface area (Å²) in [5, 5.41) is 2.72. The number of imide groups is 1. The van der Waals surface area contributed by atoms with E-state index in [1.807, 2.05) is 19.1 Å². The van der Waals surface area contributed by atoms with Crippen LogP contribution < -0.4 is 5.32 Å². The molecule has 0 spiro atoms. The van der Waals surface area contributed by atoms with Crippen LogP contribution in [0.1, 0.15) is 33.2 Å². The maximum absolute atomic E-state index is 12.3. The lowest BCUT2D eigenvalue weighted by atomic mass is 10.1. The zero-order valence-electron chi connectivity index (χ0n) is 13.0. The number of rotatable bonds is 4. The number of fused-ring (bicyclic) bond motifs is 1. The molecule has 1 aliphatic heterocycles. The Hall–Kier alpha value is -2.47. The van der Waals surface area contributed by atoms with E-state index in [2.05, 4.69) is 21.2 Å². The summed E-state index contributed by atoms with van der Waals surface area (Å²) in [5.41, 5.74) is 2.42. The number of aryl methyl sites for hydroxylation is 1. The lowest BCUT2D eigenvalue weighted by molar-refractivity contribution is -0.116. The molecule has 0 atom stereocenters. The number of nitrogens with zero attached hydrogens (tertiary/aromatic N) is 1. The fourth-order valence-electron chi connectivity index (χ4n) is 2.60. The molecule has 0 saturated carbocycles. The SMILES string of the molecule is CCc1ccc(NC(=O)CN2C(=O)c3ccccc3C2=O)c(Br)c1. The lowest BCUT2D eigenvalue weighted by Gasteiger charge is -2.14. The molecular formula is C18H15BrN2O3. The van der Waals surface area contributed by atoms with Gasteiger partial charge in [0.25, 0.3) is 11.8 Å². The van der Waals surface area contributed by atoms with E-state index in [0.29, 0.717) is 16.8 Å². The predicted molar refractivity (Wildman–Crippen MR) is 94.0 cm³/mol. The van der Waals surface area contributed by atoms with Crippen molar-refractivity contribution in [3.05, 3.63) is 63.6 Å². The third-order valence-electron chi connectivity index (χ3n) is 3.90. The summed E-state index contributed by atoms with van der Waals surface area (Å²) in [7, 11) is 0. The molecule has 0 saturated heterocycles. The molecule has 5 nitrogen and oxygen atoms in total. The second kappa shape index (κ2) is 6.57. The Labute approximate surface area is 147 Å². The largest absolute Gasteiger partial charge is 0.324 e. The second-order valence-corrected chi connectivity index (χ2v) is 6.31. The zero-order valence-corrected chi connectivity index (χ0v) is 14.6. The van der Waals surface area contributed by atoms with Gasteiger partial charge in [0.2, 0.25) is 5.91 Å². The van der Waals surface area contributed by atoms with E-state index >= 15 is 0 Å². The summed E-state index contributed by atoms with van der Waals surface area (Å²) in [4.78, 5) is 37.7. The van der Waals surface area contributed by atoms with Crippen LogP contribution >= 0.6 is 15.9 Å². The Morgan fingerprint density at radius 2 is 1.71 bits per heavy atom. The van der Waals surface area contributed by atoms with Crippen molar-refractivity contribution in [2.75, 3.05) is 11.9 Å². The summed E-state index contributed by atoms with van der Waals surface area (Å²) in [6.07, 6.45) is 0.891. The molecule has 0 aromatic heterocycles. The van der Waals surface area contributed by atoms with Crippen LogP contribution in [0.2, 0.25) is 0 Å². The van der Waals surface area contributed by atoms with Crippen molar-refractivity contribution in [2.45, 2.75) is 13.3 Å². The Balaban J connectivity index is 1.72. The van der Waals surface area contributed by atoms with E-state index in [1.165, 1.54) is 0 Å². The van der Waals surface area contributed by atoms with Crippen molar-refractivity contribution < 1.29 is 14.4 Å². The Bertz CT molecular complexity index is 813. The quantitative estimate of drug-likeness (QED) is 0.820. The first-order valence-electron chi connectivity index (χ1n) is 7.54. The lowest BCUT2D eigenvalue weighted by Crippen LogP contribution is -2.37. The van der Waals surface area contributed by atoms with Gasteiger partial charge >= 0.3 is 0 Å². The Kier molecular flexibility index (Phi) is 4.49. The molecule has 0 fully saturated rings. The molecular weight excluding hydrogens is 372 g/mol. The summed E-state index contributed by atoms with van der Waals surface area (Å²) in [6, 6.07) is 12.2. The minimum atomic E-state index is -0.439. The van der Waals surface area contributed by atoms with Crippen molar-refractivity contribution in [2.24, 2.45) is 0 Å². The van der Waals surface area contributed by atoms with Crippen LogP contribution in [0.4, 0.5) is 5.69 Å². The van der Waals surface area contributed by atoms with Crippen molar-refractivity contribution in [3.63, 3.8) is 0 Å².